The van der Waals surface area contributed by atoms with Crippen molar-refractivity contribution in [1.82, 2.24) is 0 Å². The molecule has 0 amide bonds. The second-order valence-corrected chi connectivity index (χ2v) is 8.15. The van der Waals surface area contributed by atoms with Crippen LogP contribution < -0.4 is 0 Å². The third-order valence-electron chi connectivity index (χ3n) is 5.71. The molecule has 1 unspecified atom stereocenters. The molecule has 0 aromatic heterocycles. The third-order valence-corrected chi connectivity index (χ3v) is 5.71. The van der Waals surface area contributed by atoms with E-state index in [2.05, 4.69) is 13.8 Å². The van der Waals surface area contributed by atoms with Crippen molar-refractivity contribution in [2.45, 2.75) is 136 Å². The highest BCUT2D eigenvalue weighted by atomic mass is 16.5. The van der Waals surface area contributed by atoms with Crippen LogP contribution in [0.3, 0.4) is 0 Å². The highest BCUT2D eigenvalue weighted by Gasteiger charge is 2.24. The van der Waals surface area contributed by atoms with Crippen LogP contribution in [0.5, 0.6) is 0 Å². The summed E-state index contributed by atoms with van der Waals surface area (Å²) in [6.45, 7) is 4.47. The van der Waals surface area contributed by atoms with E-state index in [1.54, 1.807) is 0 Å². The van der Waals surface area contributed by atoms with Crippen LogP contribution >= 0.6 is 0 Å². The van der Waals surface area contributed by atoms with Gasteiger partial charge in [0.1, 0.15) is 6.10 Å². The lowest BCUT2D eigenvalue weighted by molar-refractivity contribution is -0.156. The van der Waals surface area contributed by atoms with Crippen LogP contribution in [0.1, 0.15) is 129 Å². The Kier molecular flexibility index (Phi) is 14.1. The Labute approximate surface area is 157 Å². The summed E-state index contributed by atoms with van der Waals surface area (Å²) in [6, 6.07) is 0. The maximum atomic E-state index is 12.3. The van der Waals surface area contributed by atoms with E-state index in [1.165, 1.54) is 83.5 Å². The SMILES string of the molecule is CCCCCCCCCCCCC(CCC)OC(=O)C1CCCCC1. The van der Waals surface area contributed by atoms with Crippen molar-refractivity contribution in [3.05, 3.63) is 0 Å². The fourth-order valence-corrected chi connectivity index (χ4v) is 4.04. The molecule has 148 valence electrons. The van der Waals surface area contributed by atoms with Gasteiger partial charge in [0.25, 0.3) is 0 Å². The van der Waals surface area contributed by atoms with Gasteiger partial charge >= 0.3 is 5.97 Å². The first-order chi connectivity index (χ1) is 12.3. The number of rotatable bonds is 15. The zero-order chi connectivity index (χ0) is 18.2. The molecule has 0 aromatic rings. The Hall–Kier alpha value is -0.530. The molecule has 1 fully saturated rings. The Bertz CT molecular complexity index is 307. The number of ether oxygens (including phenoxy) is 1. The molecule has 1 aliphatic rings. The average Bonchev–Trinajstić information content (AvgIpc) is 2.64. The summed E-state index contributed by atoms with van der Waals surface area (Å²) in [5.74, 6) is 0.297. The molecule has 0 heterocycles. The molecule has 2 heteroatoms. The van der Waals surface area contributed by atoms with Gasteiger partial charge in [-0.1, -0.05) is 97.3 Å². The van der Waals surface area contributed by atoms with E-state index >= 15 is 0 Å². The highest BCUT2D eigenvalue weighted by Crippen LogP contribution is 2.26. The molecule has 0 aliphatic heterocycles. The standard InChI is InChI=1S/C23H44O2/c1-3-5-6-7-8-9-10-11-12-16-20-22(17-4-2)25-23(24)21-18-14-13-15-19-21/h21-22H,3-20H2,1-2H3. The van der Waals surface area contributed by atoms with Gasteiger partial charge in [0, 0.05) is 0 Å². The van der Waals surface area contributed by atoms with Crippen LogP contribution in [-0.4, -0.2) is 12.1 Å². The van der Waals surface area contributed by atoms with Crippen LogP contribution in [0.25, 0.3) is 0 Å². The van der Waals surface area contributed by atoms with E-state index in [1.807, 2.05) is 0 Å². The number of hydrogen-bond donors (Lipinski definition) is 0. The molecule has 0 N–H and O–H groups in total. The van der Waals surface area contributed by atoms with Crippen molar-refractivity contribution in [1.29, 1.82) is 0 Å². The average molecular weight is 353 g/mol. The Morgan fingerprint density at radius 1 is 0.760 bits per heavy atom. The van der Waals surface area contributed by atoms with Crippen LogP contribution in [0.15, 0.2) is 0 Å². The summed E-state index contributed by atoms with van der Waals surface area (Å²) >= 11 is 0. The fourth-order valence-electron chi connectivity index (χ4n) is 4.04. The van der Waals surface area contributed by atoms with Gasteiger partial charge in [-0.3, -0.25) is 4.79 Å². The highest BCUT2D eigenvalue weighted by molar-refractivity contribution is 5.72. The van der Waals surface area contributed by atoms with E-state index in [0.717, 1.165) is 32.1 Å². The monoisotopic (exact) mass is 352 g/mol. The van der Waals surface area contributed by atoms with Crippen LogP contribution in [0.2, 0.25) is 0 Å². The molecule has 2 nitrogen and oxygen atoms in total. The Morgan fingerprint density at radius 2 is 1.32 bits per heavy atom. The summed E-state index contributed by atoms with van der Waals surface area (Å²) in [5, 5.41) is 0. The van der Waals surface area contributed by atoms with Crippen LogP contribution in [-0.2, 0) is 9.53 Å². The third kappa shape index (κ3) is 11.7. The first-order valence-corrected chi connectivity index (χ1v) is 11.5. The number of esters is 1. The first kappa shape index (κ1) is 22.5. The van der Waals surface area contributed by atoms with E-state index in [0.29, 0.717) is 0 Å². The molecular formula is C23H44O2. The molecule has 0 radical (unpaired) electrons. The fraction of sp³-hybridized carbons (Fsp3) is 0.957. The molecular weight excluding hydrogens is 308 g/mol. The van der Waals surface area contributed by atoms with Crippen molar-refractivity contribution in [3.8, 4) is 0 Å². The summed E-state index contributed by atoms with van der Waals surface area (Å²) in [4.78, 5) is 12.3. The summed E-state index contributed by atoms with van der Waals surface area (Å²) in [7, 11) is 0. The minimum atomic E-state index is 0.102. The molecule has 1 rings (SSSR count). The maximum Gasteiger partial charge on any atom is 0.309 e. The van der Waals surface area contributed by atoms with Crippen LogP contribution in [0, 0.1) is 5.92 Å². The summed E-state index contributed by atoms with van der Waals surface area (Å²) in [5.41, 5.74) is 0. The van der Waals surface area contributed by atoms with Crippen molar-refractivity contribution >= 4 is 5.97 Å². The second-order valence-electron chi connectivity index (χ2n) is 8.15. The van der Waals surface area contributed by atoms with Crippen LogP contribution in [0.4, 0.5) is 0 Å². The van der Waals surface area contributed by atoms with Crippen molar-refractivity contribution in [3.63, 3.8) is 0 Å². The van der Waals surface area contributed by atoms with Crippen molar-refractivity contribution in [2.75, 3.05) is 0 Å². The molecule has 1 atom stereocenters. The quantitative estimate of drug-likeness (QED) is 0.224. The molecule has 1 saturated carbocycles. The van der Waals surface area contributed by atoms with Gasteiger partial charge in [-0.05, 0) is 32.1 Å². The number of carbonyl (C=O) groups excluding carboxylic acids is 1. The Balaban J connectivity index is 2.05. The normalized spacial score (nSPS) is 16.7. The van der Waals surface area contributed by atoms with Gasteiger partial charge in [0.05, 0.1) is 5.92 Å². The summed E-state index contributed by atoms with van der Waals surface area (Å²) in [6.07, 6.45) is 22.8. The van der Waals surface area contributed by atoms with Gasteiger partial charge in [0.2, 0.25) is 0 Å². The van der Waals surface area contributed by atoms with Gasteiger partial charge in [-0.2, -0.15) is 0 Å². The van der Waals surface area contributed by atoms with E-state index in [4.69, 9.17) is 4.74 Å². The molecule has 1 aliphatic carbocycles. The number of carbonyl (C=O) groups is 1. The molecule has 0 saturated heterocycles. The van der Waals surface area contributed by atoms with E-state index < -0.39 is 0 Å². The number of unbranched alkanes of at least 4 members (excludes halogenated alkanes) is 9. The first-order valence-electron chi connectivity index (χ1n) is 11.5. The van der Waals surface area contributed by atoms with Gasteiger partial charge in [0.15, 0.2) is 0 Å². The molecule has 0 bridgehead atoms. The predicted octanol–water partition coefficient (Wildman–Crippen LogP) is 7.59. The minimum Gasteiger partial charge on any atom is -0.462 e. The number of hydrogen-bond acceptors (Lipinski definition) is 2. The minimum absolute atomic E-state index is 0.102. The second kappa shape index (κ2) is 15.7. The van der Waals surface area contributed by atoms with Crippen molar-refractivity contribution in [2.24, 2.45) is 5.92 Å². The van der Waals surface area contributed by atoms with Gasteiger partial charge in [-0.15, -0.1) is 0 Å². The largest absolute Gasteiger partial charge is 0.462 e. The zero-order valence-electron chi connectivity index (χ0n) is 17.2. The topological polar surface area (TPSA) is 26.3 Å². The molecule has 0 spiro atoms. The van der Waals surface area contributed by atoms with Gasteiger partial charge < -0.3 is 4.74 Å². The van der Waals surface area contributed by atoms with E-state index in [9.17, 15) is 4.79 Å². The summed E-state index contributed by atoms with van der Waals surface area (Å²) < 4.78 is 5.87. The van der Waals surface area contributed by atoms with Crippen molar-refractivity contribution < 1.29 is 9.53 Å². The lowest BCUT2D eigenvalue weighted by Gasteiger charge is -2.24. The lowest BCUT2D eigenvalue weighted by Crippen LogP contribution is -2.26. The molecule has 0 aromatic carbocycles. The predicted molar refractivity (Wildman–Crippen MR) is 108 cm³/mol. The Morgan fingerprint density at radius 3 is 1.88 bits per heavy atom. The van der Waals surface area contributed by atoms with Gasteiger partial charge in [-0.25, -0.2) is 0 Å². The van der Waals surface area contributed by atoms with E-state index in [-0.39, 0.29) is 18.0 Å². The zero-order valence-corrected chi connectivity index (χ0v) is 17.2. The lowest BCUT2D eigenvalue weighted by atomic mass is 9.89. The molecule has 25 heavy (non-hydrogen) atoms. The smallest absolute Gasteiger partial charge is 0.309 e. The maximum absolute atomic E-state index is 12.3.